The Bertz CT molecular complexity index is 1070. The molecule has 36 heavy (non-hydrogen) atoms. The van der Waals surface area contributed by atoms with Crippen molar-refractivity contribution in [2.45, 2.75) is 38.1 Å². The van der Waals surface area contributed by atoms with E-state index < -0.39 is 0 Å². The van der Waals surface area contributed by atoms with E-state index in [0.717, 1.165) is 37.4 Å². The van der Waals surface area contributed by atoms with Gasteiger partial charge in [0.25, 0.3) is 0 Å². The molecule has 0 aromatic heterocycles. The average Bonchev–Trinajstić information content (AvgIpc) is 2.94. The molecule has 0 spiro atoms. The van der Waals surface area contributed by atoms with E-state index in [-0.39, 0.29) is 0 Å². The van der Waals surface area contributed by atoms with Gasteiger partial charge in [-0.1, -0.05) is 84.9 Å². The van der Waals surface area contributed by atoms with E-state index in [0.29, 0.717) is 25.3 Å². The molecule has 1 fully saturated rings. The molecule has 2 N–H and O–H groups in total. The van der Waals surface area contributed by atoms with E-state index >= 15 is 0 Å². The lowest BCUT2D eigenvalue weighted by Crippen LogP contribution is -2.55. The molecule has 1 heterocycles. The SMILES string of the molecule is c1ccc(COc2ccc(C[C@@H]3CN[C@H](Cc4ccc(OCc5ccccc5)cc4)CN3)cc2)cc1. The molecule has 184 valence electrons. The van der Waals surface area contributed by atoms with Crippen molar-refractivity contribution < 1.29 is 9.47 Å². The van der Waals surface area contributed by atoms with Crippen LogP contribution >= 0.6 is 0 Å². The van der Waals surface area contributed by atoms with Gasteiger partial charge in [-0.3, -0.25) is 0 Å². The van der Waals surface area contributed by atoms with Crippen LogP contribution in [0.1, 0.15) is 22.3 Å². The van der Waals surface area contributed by atoms with Gasteiger partial charge < -0.3 is 20.1 Å². The van der Waals surface area contributed by atoms with Crippen LogP contribution in [-0.2, 0) is 26.1 Å². The minimum atomic E-state index is 0.436. The van der Waals surface area contributed by atoms with Gasteiger partial charge in [0.1, 0.15) is 24.7 Å². The summed E-state index contributed by atoms with van der Waals surface area (Å²) in [5, 5.41) is 7.46. The summed E-state index contributed by atoms with van der Waals surface area (Å²) in [6, 6.07) is 38.4. The number of hydrogen-bond donors (Lipinski definition) is 2. The fourth-order valence-corrected chi connectivity index (χ4v) is 4.55. The molecule has 5 rings (SSSR count). The first-order chi connectivity index (χ1) is 17.8. The monoisotopic (exact) mass is 478 g/mol. The summed E-state index contributed by atoms with van der Waals surface area (Å²) >= 11 is 0. The first-order valence-electron chi connectivity index (χ1n) is 12.8. The van der Waals surface area contributed by atoms with Gasteiger partial charge in [0, 0.05) is 25.2 Å². The lowest BCUT2D eigenvalue weighted by molar-refractivity contribution is 0.305. The average molecular weight is 479 g/mol. The Hall–Kier alpha value is -3.60. The highest BCUT2D eigenvalue weighted by atomic mass is 16.5. The lowest BCUT2D eigenvalue weighted by atomic mass is 10.00. The zero-order chi connectivity index (χ0) is 24.4. The number of nitrogens with one attached hydrogen (secondary N) is 2. The molecular weight excluding hydrogens is 444 g/mol. The van der Waals surface area contributed by atoms with Crippen molar-refractivity contribution in [1.82, 2.24) is 10.6 Å². The number of hydrogen-bond acceptors (Lipinski definition) is 4. The van der Waals surface area contributed by atoms with Crippen LogP contribution in [0.4, 0.5) is 0 Å². The van der Waals surface area contributed by atoms with Gasteiger partial charge >= 0.3 is 0 Å². The van der Waals surface area contributed by atoms with Crippen LogP contribution in [-0.4, -0.2) is 25.2 Å². The normalized spacial score (nSPS) is 17.4. The Labute approximate surface area is 214 Å². The molecule has 0 saturated carbocycles. The molecule has 1 aliphatic heterocycles. The predicted molar refractivity (Wildman–Crippen MR) is 145 cm³/mol. The van der Waals surface area contributed by atoms with Crippen LogP contribution in [0.3, 0.4) is 0 Å². The summed E-state index contributed by atoms with van der Waals surface area (Å²) in [5.41, 5.74) is 5.01. The maximum Gasteiger partial charge on any atom is 0.119 e. The third-order valence-corrected chi connectivity index (χ3v) is 6.61. The second-order valence-electron chi connectivity index (χ2n) is 9.46. The van der Waals surface area contributed by atoms with Crippen molar-refractivity contribution in [3.05, 3.63) is 131 Å². The van der Waals surface area contributed by atoms with E-state index in [4.69, 9.17) is 9.47 Å². The first-order valence-corrected chi connectivity index (χ1v) is 12.8. The van der Waals surface area contributed by atoms with Crippen molar-refractivity contribution in [3.8, 4) is 11.5 Å². The highest BCUT2D eigenvalue weighted by Crippen LogP contribution is 2.18. The quantitative estimate of drug-likeness (QED) is 0.313. The number of ether oxygens (including phenoxy) is 2. The number of piperazine rings is 1. The van der Waals surface area contributed by atoms with E-state index in [1.54, 1.807) is 0 Å². The minimum Gasteiger partial charge on any atom is -0.489 e. The molecule has 2 atom stereocenters. The van der Waals surface area contributed by atoms with Crippen LogP contribution in [0.25, 0.3) is 0 Å². The second-order valence-corrected chi connectivity index (χ2v) is 9.46. The van der Waals surface area contributed by atoms with Gasteiger partial charge in [0.15, 0.2) is 0 Å². The van der Waals surface area contributed by atoms with Crippen molar-refractivity contribution in [3.63, 3.8) is 0 Å². The zero-order valence-corrected chi connectivity index (χ0v) is 20.6. The van der Waals surface area contributed by atoms with E-state index in [2.05, 4.69) is 83.4 Å². The first kappa shape index (κ1) is 24.1. The molecule has 4 heteroatoms. The van der Waals surface area contributed by atoms with Crippen LogP contribution in [0.2, 0.25) is 0 Å². The van der Waals surface area contributed by atoms with Crippen LogP contribution in [0.5, 0.6) is 11.5 Å². The van der Waals surface area contributed by atoms with Crippen molar-refractivity contribution in [2.24, 2.45) is 0 Å². The molecule has 4 nitrogen and oxygen atoms in total. The molecule has 4 aromatic rings. The van der Waals surface area contributed by atoms with Crippen LogP contribution in [0.15, 0.2) is 109 Å². The molecule has 0 unspecified atom stereocenters. The smallest absolute Gasteiger partial charge is 0.119 e. The van der Waals surface area contributed by atoms with Gasteiger partial charge in [-0.05, 0) is 59.4 Å². The number of benzene rings is 4. The van der Waals surface area contributed by atoms with Gasteiger partial charge in [0.2, 0.25) is 0 Å². The summed E-state index contributed by atoms with van der Waals surface area (Å²) < 4.78 is 11.8. The summed E-state index contributed by atoms with van der Waals surface area (Å²) in [7, 11) is 0. The second kappa shape index (κ2) is 12.4. The zero-order valence-electron chi connectivity index (χ0n) is 20.6. The lowest BCUT2D eigenvalue weighted by Gasteiger charge is -2.31. The van der Waals surface area contributed by atoms with Crippen LogP contribution in [0, 0.1) is 0 Å². The summed E-state index contributed by atoms with van der Waals surface area (Å²) in [6.45, 7) is 3.13. The minimum absolute atomic E-state index is 0.436. The maximum absolute atomic E-state index is 5.91. The molecule has 0 radical (unpaired) electrons. The molecular formula is C32H34N2O2. The number of rotatable bonds is 10. The van der Waals surface area contributed by atoms with Crippen molar-refractivity contribution in [2.75, 3.05) is 13.1 Å². The molecule has 1 aliphatic rings. The third kappa shape index (κ3) is 7.20. The van der Waals surface area contributed by atoms with Gasteiger partial charge in [-0.15, -0.1) is 0 Å². The van der Waals surface area contributed by atoms with Crippen molar-refractivity contribution in [1.29, 1.82) is 0 Å². The largest absolute Gasteiger partial charge is 0.489 e. The predicted octanol–water partition coefficient (Wildman–Crippen LogP) is 5.56. The van der Waals surface area contributed by atoms with Crippen LogP contribution < -0.4 is 20.1 Å². The van der Waals surface area contributed by atoms with Crippen molar-refractivity contribution >= 4 is 0 Å². The fraction of sp³-hybridized carbons (Fsp3) is 0.250. The van der Waals surface area contributed by atoms with Gasteiger partial charge in [-0.2, -0.15) is 0 Å². The Morgan fingerprint density at radius 3 is 1.22 bits per heavy atom. The Balaban J connectivity index is 1.02. The molecule has 0 amide bonds. The summed E-state index contributed by atoms with van der Waals surface area (Å²) in [4.78, 5) is 0. The highest BCUT2D eigenvalue weighted by molar-refractivity contribution is 5.30. The Kier molecular flexibility index (Phi) is 8.30. The molecule has 1 saturated heterocycles. The Morgan fingerprint density at radius 1 is 0.472 bits per heavy atom. The summed E-state index contributed by atoms with van der Waals surface area (Å²) in [5.74, 6) is 1.82. The summed E-state index contributed by atoms with van der Waals surface area (Å²) in [6.07, 6.45) is 2.01. The molecule has 4 aromatic carbocycles. The van der Waals surface area contributed by atoms with E-state index in [9.17, 15) is 0 Å². The molecule has 0 aliphatic carbocycles. The van der Waals surface area contributed by atoms with E-state index in [1.165, 1.54) is 22.3 Å². The maximum atomic E-state index is 5.91. The van der Waals surface area contributed by atoms with Gasteiger partial charge in [0.05, 0.1) is 0 Å². The topological polar surface area (TPSA) is 42.5 Å². The van der Waals surface area contributed by atoms with E-state index in [1.807, 2.05) is 36.4 Å². The highest BCUT2D eigenvalue weighted by Gasteiger charge is 2.20. The molecule has 0 bridgehead atoms. The Morgan fingerprint density at radius 2 is 0.861 bits per heavy atom. The van der Waals surface area contributed by atoms with Gasteiger partial charge in [-0.25, -0.2) is 0 Å². The fourth-order valence-electron chi connectivity index (χ4n) is 4.55. The third-order valence-electron chi connectivity index (χ3n) is 6.61. The standard InChI is InChI=1S/C32H34N2O2/c1-3-7-27(8-4-1)23-35-31-15-11-25(12-16-31)19-29-21-34-30(22-33-29)20-26-13-17-32(18-14-26)36-24-28-9-5-2-6-10-28/h1-18,29-30,33-34H,19-24H2/t29-,30-/m1/s1.